The summed E-state index contributed by atoms with van der Waals surface area (Å²) in [6.45, 7) is 3.62. The summed E-state index contributed by atoms with van der Waals surface area (Å²) in [6, 6.07) is 11.0. The highest BCUT2D eigenvalue weighted by Crippen LogP contribution is 2.28. The molecule has 2 aromatic carbocycles. The van der Waals surface area contributed by atoms with Crippen LogP contribution < -0.4 is 15.4 Å². The minimum absolute atomic E-state index is 0.117. The Bertz CT molecular complexity index is 1150. The molecular formula is C24H24F3N3O3S. The van der Waals surface area contributed by atoms with Crippen molar-refractivity contribution in [3.63, 3.8) is 0 Å². The largest absolute Gasteiger partial charge is 0.483 e. The van der Waals surface area contributed by atoms with Crippen molar-refractivity contribution in [2.24, 2.45) is 5.92 Å². The molecule has 0 aliphatic carbocycles. The number of carbonyl (C=O) groups is 2. The minimum atomic E-state index is -4.57. The van der Waals surface area contributed by atoms with E-state index in [-0.39, 0.29) is 28.8 Å². The van der Waals surface area contributed by atoms with E-state index < -0.39 is 24.7 Å². The smallest absolute Gasteiger partial charge is 0.422 e. The van der Waals surface area contributed by atoms with Crippen LogP contribution in [-0.4, -0.2) is 29.6 Å². The topological polar surface area (TPSA) is 80.3 Å². The van der Waals surface area contributed by atoms with Crippen LogP contribution in [0.4, 0.5) is 18.9 Å². The van der Waals surface area contributed by atoms with E-state index in [0.717, 1.165) is 16.1 Å². The van der Waals surface area contributed by atoms with Crippen LogP contribution >= 0.6 is 11.3 Å². The molecule has 1 unspecified atom stereocenters. The van der Waals surface area contributed by atoms with E-state index in [4.69, 9.17) is 4.74 Å². The zero-order valence-electron chi connectivity index (χ0n) is 18.8. The normalized spacial score (nSPS) is 12.3. The third-order valence-corrected chi connectivity index (χ3v) is 5.64. The average Bonchev–Trinajstić information content (AvgIpc) is 3.32. The summed E-state index contributed by atoms with van der Waals surface area (Å²) in [6.07, 6.45) is -2.87. The number of rotatable bonds is 8. The molecule has 3 aromatic rings. The van der Waals surface area contributed by atoms with Crippen molar-refractivity contribution < 1.29 is 27.5 Å². The first-order valence-electron chi connectivity index (χ1n) is 10.5. The van der Waals surface area contributed by atoms with Gasteiger partial charge in [-0.3, -0.25) is 9.59 Å². The number of anilines is 1. The van der Waals surface area contributed by atoms with Gasteiger partial charge in [0.1, 0.15) is 10.8 Å². The highest BCUT2D eigenvalue weighted by atomic mass is 32.1. The number of nitrogens with zero attached hydrogens (tertiary/aromatic N) is 1. The van der Waals surface area contributed by atoms with Crippen molar-refractivity contribution in [1.82, 2.24) is 10.3 Å². The van der Waals surface area contributed by atoms with Gasteiger partial charge < -0.3 is 15.4 Å². The van der Waals surface area contributed by atoms with Crippen LogP contribution in [0.1, 0.15) is 42.7 Å². The molecule has 0 saturated heterocycles. The van der Waals surface area contributed by atoms with Crippen molar-refractivity contribution in [3.8, 4) is 16.3 Å². The second-order valence-electron chi connectivity index (χ2n) is 7.92. The van der Waals surface area contributed by atoms with Crippen LogP contribution in [0.3, 0.4) is 0 Å². The zero-order valence-corrected chi connectivity index (χ0v) is 19.6. The number of hydrogen-bond acceptors (Lipinski definition) is 5. The Morgan fingerprint density at radius 3 is 2.53 bits per heavy atom. The van der Waals surface area contributed by atoms with Gasteiger partial charge in [-0.05, 0) is 36.8 Å². The van der Waals surface area contributed by atoms with E-state index in [1.807, 2.05) is 29.6 Å². The number of hydrogen-bond donors (Lipinski definition) is 2. The SMILES string of the molecule is CC(C)C(=O)Nc1ccc(OCC(F)(F)F)c(C(=O)NC(C)c2cccc(-c3nccs3)c2)c1. The van der Waals surface area contributed by atoms with E-state index in [9.17, 15) is 22.8 Å². The first-order valence-corrected chi connectivity index (χ1v) is 11.4. The van der Waals surface area contributed by atoms with Crippen LogP contribution in [0.5, 0.6) is 5.75 Å². The summed E-state index contributed by atoms with van der Waals surface area (Å²) in [5.74, 6) is -1.47. The maximum atomic E-state index is 13.1. The molecule has 2 amide bonds. The molecule has 0 saturated carbocycles. The van der Waals surface area contributed by atoms with Crippen molar-refractivity contribution >= 4 is 28.8 Å². The molecule has 0 spiro atoms. The van der Waals surface area contributed by atoms with Crippen LogP contribution in [0.25, 0.3) is 10.6 Å². The maximum Gasteiger partial charge on any atom is 0.422 e. The van der Waals surface area contributed by atoms with E-state index in [1.165, 1.54) is 29.5 Å². The molecule has 1 heterocycles. The number of amides is 2. The molecule has 3 rings (SSSR count). The number of nitrogens with one attached hydrogen (secondary N) is 2. The molecule has 180 valence electrons. The van der Waals surface area contributed by atoms with Crippen LogP contribution in [-0.2, 0) is 4.79 Å². The van der Waals surface area contributed by atoms with Crippen molar-refractivity contribution in [2.75, 3.05) is 11.9 Å². The van der Waals surface area contributed by atoms with Gasteiger partial charge in [-0.1, -0.05) is 32.0 Å². The lowest BCUT2D eigenvalue weighted by Crippen LogP contribution is -2.28. The van der Waals surface area contributed by atoms with Crippen LogP contribution in [0.15, 0.2) is 54.0 Å². The monoisotopic (exact) mass is 491 g/mol. The Morgan fingerprint density at radius 1 is 1.12 bits per heavy atom. The van der Waals surface area contributed by atoms with Gasteiger partial charge in [0.15, 0.2) is 6.61 Å². The summed E-state index contributed by atoms with van der Waals surface area (Å²) in [7, 11) is 0. The fourth-order valence-corrected chi connectivity index (χ4v) is 3.66. The highest BCUT2D eigenvalue weighted by Gasteiger charge is 2.29. The minimum Gasteiger partial charge on any atom is -0.483 e. The quantitative estimate of drug-likeness (QED) is 0.415. The zero-order chi connectivity index (χ0) is 24.9. The Hall–Kier alpha value is -3.40. The van der Waals surface area contributed by atoms with E-state index in [0.29, 0.717) is 0 Å². The lowest BCUT2D eigenvalue weighted by Gasteiger charge is -2.18. The molecule has 10 heteroatoms. The number of alkyl halides is 3. The predicted octanol–water partition coefficient (Wildman–Crippen LogP) is 5.84. The molecule has 6 nitrogen and oxygen atoms in total. The summed E-state index contributed by atoms with van der Waals surface area (Å²) < 4.78 is 43.0. The molecule has 1 atom stereocenters. The number of carbonyl (C=O) groups excluding carboxylic acids is 2. The molecule has 1 aromatic heterocycles. The number of benzene rings is 2. The lowest BCUT2D eigenvalue weighted by molar-refractivity contribution is -0.153. The Labute approximate surface area is 199 Å². The summed E-state index contributed by atoms with van der Waals surface area (Å²) >= 11 is 1.48. The first-order chi connectivity index (χ1) is 16.0. The van der Waals surface area contributed by atoms with Crippen molar-refractivity contribution in [3.05, 3.63) is 65.2 Å². The van der Waals surface area contributed by atoms with E-state index >= 15 is 0 Å². The number of aromatic nitrogens is 1. The lowest BCUT2D eigenvalue weighted by atomic mass is 10.0. The van der Waals surface area contributed by atoms with Gasteiger partial charge in [0.25, 0.3) is 5.91 Å². The number of halogens is 3. The molecule has 34 heavy (non-hydrogen) atoms. The van der Waals surface area contributed by atoms with Gasteiger partial charge in [0.05, 0.1) is 11.6 Å². The Morgan fingerprint density at radius 2 is 1.88 bits per heavy atom. The fraction of sp³-hybridized carbons (Fsp3) is 0.292. The fourth-order valence-electron chi connectivity index (χ4n) is 3.02. The van der Waals surface area contributed by atoms with E-state index in [2.05, 4.69) is 15.6 Å². The predicted molar refractivity (Wildman–Crippen MR) is 125 cm³/mol. The van der Waals surface area contributed by atoms with Gasteiger partial charge >= 0.3 is 6.18 Å². The standard InChI is InChI=1S/C24H24F3N3O3S/c1-14(2)21(31)30-18-7-8-20(33-13-24(25,26)27)19(12-18)22(32)29-15(3)16-5-4-6-17(11-16)23-28-9-10-34-23/h4-12,14-15H,13H2,1-3H3,(H,29,32)(H,30,31). The molecule has 2 N–H and O–H groups in total. The van der Waals surface area contributed by atoms with Crippen molar-refractivity contribution in [2.45, 2.75) is 33.0 Å². The number of ether oxygens (including phenoxy) is 1. The summed E-state index contributed by atoms with van der Waals surface area (Å²) in [5.41, 5.74) is 1.85. The first kappa shape index (κ1) is 25.2. The Balaban J connectivity index is 1.84. The average molecular weight is 492 g/mol. The highest BCUT2D eigenvalue weighted by molar-refractivity contribution is 7.13. The molecular weight excluding hydrogens is 467 g/mol. The molecule has 0 fully saturated rings. The van der Waals surface area contributed by atoms with Gasteiger partial charge in [0.2, 0.25) is 5.91 Å². The van der Waals surface area contributed by atoms with E-state index in [1.54, 1.807) is 27.0 Å². The molecule has 0 radical (unpaired) electrons. The van der Waals surface area contributed by atoms with Gasteiger partial charge in [-0.15, -0.1) is 11.3 Å². The van der Waals surface area contributed by atoms with Crippen LogP contribution in [0, 0.1) is 5.92 Å². The molecule has 0 bridgehead atoms. The molecule has 0 aliphatic rings. The third-order valence-electron chi connectivity index (χ3n) is 4.82. The van der Waals surface area contributed by atoms with Crippen molar-refractivity contribution in [1.29, 1.82) is 0 Å². The maximum absolute atomic E-state index is 13.1. The van der Waals surface area contributed by atoms with Gasteiger partial charge in [-0.25, -0.2) is 4.98 Å². The third kappa shape index (κ3) is 6.80. The molecule has 0 aliphatic heterocycles. The Kier molecular flexibility index (Phi) is 7.93. The summed E-state index contributed by atoms with van der Waals surface area (Å²) in [4.78, 5) is 29.4. The second-order valence-corrected chi connectivity index (χ2v) is 8.81. The second kappa shape index (κ2) is 10.7. The van der Waals surface area contributed by atoms with Gasteiger partial charge in [0, 0.05) is 28.7 Å². The van der Waals surface area contributed by atoms with Gasteiger partial charge in [-0.2, -0.15) is 13.2 Å². The van der Waals surface area contributed by atoms with Crippen LogP contribution in [0.2, 0.25) is 0 Å². The summed E-state index contributed by atoms with van der Waals surface area (Å²) in [5, 5.41) is 8.13. The number of thiazole rings is 1.